The summed E-state index contributed by atoms with van der Waals surface area (Å²) in [5.74, 6) is 0.403. The Morgan fingerprint density at radius 1 is 1.35 bits per heavy atom. The van der Waals surface area contributed by atoms with Crippen LogP contribution < -0.4 is 4.90 Å². The first kappa shape index (κ1) is 12.4. The van der Waals surface area contributed by atoms with E-state index in [1.807, 2.05) is 6.07 Å². The van der Waals surface area contributed by atoms with Gasteiger partial charge in [-0.1, -0.05) is 15.9 Å². The number of halogens is 1. The summed E-state index contributed by atoms with van der Waals surface area (Å²) in [5, 5.41) is 0. The van der Waals surface area contributed by atoms with Gasteiger partial charge in [-0.2, -0.15) is 8.42 Å². The summed E-state index contributed by atoms with van der Waals surface area (Å²) < 4.78 is 28.6. The maximum atomic E-state index is 12.0. The largest absolute Gasteiger partial charge is 0.348 e. The molecule has 0 aliphatic carbocycles. The smallest absolute Gasteiger partial charge is 0.287 e. The number of sulfonamides is 1. The van der Waals surface area contributed by atoms with Crippen LogP contribution in [0.2, 0.25) is 0 Å². The first-order valence-corrected chi connectivity index (χ1v) is 7.12. The van der Waals surface area contributed by atoms with E-state index in [0.717, 1.165) is 4.47 Å². The molecule has 7 heteroatoms. The molecule has 0 radical (unpaired) electrons. The van der Waals surface area contributed by atoms with Crippen molar-refractivity contribution in [3.63, 3.8) is 0 Å². The minimum Gasteiger partial charge on any atom is -0.348 e. The van der Waals surface area contributed by atoms with Gasteiger partial charge in [0, 0.05) is 25.6 Å². The summed E-state index contributed by atoms with van der Waals surface area (Å²) in [6.45, 7) is 0. The van der Waals surface area contributed by atoms with Crippen LogP contribution in [0.5, 0.6) is 0 Å². The van der Waals surface area contributed by atoms with Crippen molar-refractivity contribution in [2.45, 2.75) is 4.90 Å². The van der Waals surface area contributed by atoms with Crippen LogP contribution in [0, 0.1) is 0 Å². The molecule has 0 saturated heterocycles. The van der Waals surface area contributed by atoms with Gasteiger partial charge in [-0.05, 0) is 18.2 Å². The van der Waals surface area contributed by atoms with Gasteiger partial charge in [-0.15, -0.1) is 4.40 Å². The van der Waals surface area contributed by atoms with E-state index in [-0.39, 0.29) is 4.90 Å². The Bertz CT molecular complexity index is 596. The van der Waals surface area contributed by atoms with Gasteiger partial charge in [0.05, 0.1) is 5.69 Å². The van der Waals surface area contributed by atoms with Crippen LogP contribution >= 0.6 is 15.9 Å². The Kier molecular flexibility index (Phi) is 2.90. The number of anilines is 1. The number of fused-ring (bicyclic) bond motifs is 1. The minimum atomic E-state index is -3.62. The Labute approximate surface area is 109 Å². The van der Waals surface area contributed by atoms with Crippen LogP contribution in [0.3, 0.4) is 0 Å². The van der Waals surface area contributed by atoms with Crippen molar-refractivity contribution in [1.82, 2.24) is 4.90 Å². The lowest BCUT2D eigenvalue weighted by molar-refractivity contribution is 0.582. The zero-order chi connectivity index (χ0) is 12.8. The molecule has 1 aliphatic rings. The molecule has 92 valence electrons. The second-order valence-corrected chi connectivity index (χ2v) is 6.42. The number of nitrogens with zero attached hydrogens (tertiary/aromatic N) is 3. The summed E-state index contributed by atoms with van der Waals surface area (Å²) in [5.41, 5.74) is 0.631. The highest BCUT2D eigenvalue weighted by Crippen LogP contribution is 2.33. The Morgan fingerprint density at radius 3 is 2.59 bits per heavy atom. The monoisotopic (exact) mass is 317 g/mol. The van der Waals surface area contributed by atoms with Crippen LogP contribution in [0.25, 0.3) is 0 Å². The summed E-state index contributed by atoms with van der Waals surface area (Å²) in [6.07, 6.45) is 0. The molecule has 1 aromatic rings. The van der Waals surface area contributed by atoms with Gasteiger partial charge in [0.1, 0.15) is 4.90 Å². The predicted octanol–water partition coefficient (Wildman–Crippen LogP) is 1.51. The van der Waals surface area contributed by atoms with Crippen molar-refractivity contribution >= 4 is 37.6 Å². The second kappa shape index (κ2) is 3.99. The molecule has 0 unspecified atom stereocenters. The highest BCUT2D eigenvalue weighted by molar-refractivity contribution is 9.10. The molecule has 5 nitrogen and oxygen atoms in total. The molecule has 0 bridgehead atoms. The molecule has 0 atom stereocenters. The maximum absolute atomic E-state index is 12.0. The highest BCUT2D eigenvalue weighted by atomic mass is 79.9. The van der Waals surface area contributed by atoms with Gasteiger partial charge in [-0.25, -0.2) is 0 Å². The zero-order valence-corrected chi connectivity index (χ0v) is 12.1. The number of hydrogen-bond acceptors (Lipinski definition) is 4. The molecular weight excluding hydrogens is 306 g/mol. The van der Waals surface area contributed by atoms with Crippen LogP contribution in [0.4, 0.5) is 5.69 Å². The summed E-state index contributed by atoms with van der Waals surface area (Å²) in [6, 6.07) is 5.13. The van der Waals surface area contributed by atoms with Crippen LogP contribution in [0.1, 0.15) is 0 Å². The van der Waals surface area contributed by atoms with Crippen molar-refractivity contribution in [3.8, 4) is 0 Å². The van der Waals surface area contributed by atoms with E-state index in [4.69, 9.17) is 0 Å². The molecule has 0 N–H and O–H groups in total. The van der Waals surface area contributed by atoms with E-state index in [9.17, 15) is 8.42 Å². The third-order valence-corrected chi connectivity index (χ3v) is 4.24. The first-order chi connectivity index (χ1) is 7.83. The zero-order valence-electron chi connectivity index (χ0n) is 9.68. The predicted molar refractivity (Wildman–Crippen MR) is 70.9 cm³/mol. The highest BCUT2D eigenvalue weighted by Gasteiger charge is 2.29. The number of benzene rings is 1. The number of guanidine groups is 1. The Hall–Kier alpha value is -1.08. The first-order valence-electron chi connectivity index (χ1n) is 4.88. The molecule has 2 rings (SSSR count). The van der Waals surface area contributed by atoms with Crippen molar-refractivity contribution < 1.29 is 8.42 Å². The van der Waals surface area contributed by atoms with Crippen molar-refractivity contribution in [2.24, 2.45) is 4.40 Å². The second-order valence-electron chi connectivity index (χ2n) is 3.93. The van der Waals surface area contributed by atoms with E-state index in [1.165, 1.54) is 0 Å². The molecule has 1 aliphatic heterocycles. The molecule has 0 spiro atoms. The molecular formula is C10H12BrN3O2S. The molecule has 0 aromatic heterocycles. The topological polar surface area (TPSA) is 53.0 Å². The lowest BCUT2D eigenvalue weighted by Crippen LogP contribution is -2.41. The van der Waals surface area contributed by atoms with Gasteiger partial charge in [0.2, 0.25) is 5.96 Å². The maximum Gasteiger partial charge on any atom is 0.287 e. The van der Waals surface area contributed by atoms with Gasteiger partial charge in [0.25, 0.3) is 10.0 Å². The number of rotatable bonds is 0. The van der Waals surface area contributed by atoms with E-state index >= 15 is 0 Å². The third-order valence-electron chi connectivity index (χ3n) is 2.46. The summed E-state index contributed by atoms with van der Waals surface area (Å²) >= 11 is 3.26. The minimum absolute atomic E-state index is 0.222. The van der Waals surface area contributed by atoms with Gasteiger partial charge in [-0.3, -0.25) is 0 Å². The van der Waals surface area contributed by atoms with Crippen molar-refractivity contribution in [3.05, 3.63) is 22.7 Å². The van der Waals surface area contributed by atoms with E-state index in [1.54, 1.807) is 43.1 Å². The normalized spacial score (nSPS) is 17.4. The molecule has 17 heavy (non-hydrogen) atoms. The molecule has 0 fully saturated rings. The molecule has 1 aromatic carbocycles. The van der Waals surface area contributed by atoms with E-state index in [2.05, 4.69) is 20.3 Å². The molecule has 0 amide bonds. The van der Waals surface area contributed by atoms with Gasteiger partial charge < -0.3 is 9.80 Å². The standard InChI is InChI=1S/C10H12BrN3O2S/c1-13(2)10-12-17(15,16)9-6-7(11)4-5-8(9)14(10)3/h4-6H,1-3H3. The van der Waals surface area contributed by atoms with E-state index in [0.29, 0.717) is 11.6 Å². The average Bonchev–Trinajstić information content (AvgIpc) is 2.23. The lowest BCUT2D eigenvalue weighted by atomic mass is 10.3. The lowest BCUT2D eigenvalue weighted by Gasteiger charge is -2.30. The van der Waals surface area contributed by atoms with Crippen molar-refractivity contribution in [1.29, 1.82) is 0 Å². The Balaban J connectivity index is 2.71. The van der Waals surface area contributed by atoms with Crippen molar-refractivity contribution in [2.75, 3.05) is 26.0 Å². The summed E-state index contributed by atoms with van der Waals surface area (Å²) in [7, 11) is 1.69. The van der Waals surface area contributed by atoms with Crippen LogP contribution in [-0.4, -0.2) is 40.4 Å². The van der Waals surface area contributed by atoms with Gasteiger partial charge in [0.15, 0.2) is 0 Å². The average molecular weight is 318 g/mol. The van der Waals surface area contributed by atoms with Crippen LogP contribution in [0.15, 0.2) is 32.0 Å². The quantitative estimate of drug-likeness (QED) is 0.727. The third kappa shape index (κ3) is 2.04. The molecule has 1 heterocycles. The Morgan fingerprint density at radius 2 is 2.00 bits per heavy atom. The fraction of sp³-hybridized carbons (Fsp3) is 0.300. The SMILES string of the molecule is CN(C)C1=NS(=O)(=O)c2cc(Br)ccc2N1C. The summed E-state index contributed by atoms with van der Waals surface area (Å²) in [4.78, 5) is 3.64. The molecule has 0 saturated carbocycles. The fourth-order valence-corrected chi connectivity index (χ4v) is 3.54. The van der Waals surface area contributed by atoms with Gasteiger partial charge >= 0.3 is 0 Å². The number of hydrogen-bond donors (Lipinski definition) is 0. The fourth-order valence-electron chi connectivity index (χ4n) is 1.68. The van der Waals surface area contributed by atoms with Crippen LogP contribution in [-0.2, 0) is 10.0 Å². The van der Waals surface area contributed by atoms with E-state index < -0.39 is 10.0 Å².